The molecule has 0 heterocycles. The third kappa shape index (κ3) is 4.63. The maximum atomic E-state index is 13.4. The van der Waals surface area contributed by atoms with Crippen LogP contribution in [0.1, 0.15) is 11.1 Å². The summed E-state index contributed by atoms with van der Waals surface area (Å²) in [4.78, 5) is 12.3. The zero-order valence-corrected chi connectivity index (χ0v) is 13.7. The molecule has 0 fully saturated rings. The molecule has 2 rings (SSSR count). The molecule has 0 radical (unpaired) electrons. The van der Waals surface area contributed by atoms with Gasteiger partial charge < -0.3 is 14.7 Å². The molecule has 25 heavy (non-hydrogen) atoms. The summed E-state index contributed by atoms with van der Waals surface area (Å²) in [6, 6.07) is 7.07. The van der Waals surface area contributed by atoms with Crippen LogP contribution >= 0.6 is 12.2 Å². The number of hydrogen-bond acceptors (Lipinski definition) is 3. The summed E-state index contributed by atoms with van der Waals surface area (Å²) in [5.41, 5.74) is -0.521. The number of ether oxygens (including phenoxy) is 1. The van der Waals surface area contributed by atoms with E-state index in [0.29, 0.717) is 5.56 Å². The molecule has 0 spiro atoms. The van der Waals surface area contributed by atoms with E-state index in [4.69, 9.17) is 22.1 Å². The minimum atomic E-state index is -4.60. The van der Waals surface area contributed by atoms with Gasteiger partial charge in [-0.3, -0.25) is 4.79 Å². The van der Waals surface area contributed by atoms with Crippen LogP contribution < -0.4 is 4.74 Å². The van der Waals surface area contributed by atoms with E-state index in [-0.39, 0.29) is 57.6 Å². The van der Waals surface area contributed by atoms with Gasteiger partial charge in [0, 0.05) is 12.6 Å². The number of carboxylic acid groups (broad SMARTS) is 1. The Kier molecular flexibility index (Phi) is 7.25. The molecule has 0 bridgehead atoms. The van der Waals surface area contributed by atoms with Crippen LogP contribution in [0.15, 0.2) is 30.3 Å². The summed E-state index contributed by atoms with van der Waals surface area (Å²) in [5.74, 6) is -1.37. The van der Waals surface area contributed by atoms with Crippen LogP contribution in [0.2, 0.25) is 0 Å². The van der Waals surface area contributed by atoms with Gasteiger partial charge >= 0.3 is 41.7 Å². The van der Waals surface area contributed by atoms with Gasteiger partial charge in [-0.15, -0.1) is 0 Å². The number of likely N-dealkylation sites (N-methyl/N-ethyl adjacent to an activating group) is 1. The summed E-state index contributed by atoms with van der Waals surface area (Å²) in [7, 11) is 2.65. The van der Waals surface area contributed by atoms with E-state index in [9.17, 15) is 18.0 Å². The van der Waals surface area contributed by atoms with Crippen molar-refractivity contribution in [2.45, 2.75) is 6.18 Å². The van der Waals surface area contributed by atoms with Crippen LogP contribution in [0.4, 0.5) is 13.2 Å². The number of halogens is 3. The molecular formula is C16H15F3NNaO3S. The molecule has 0 aliphatic heterocycles. The second-order valence-corrected chi connectivity index (χ2v) is 5.48. The second-order valence-electron chi connectivity index (χ2n) is 5.10. The molecule has 0 aromatic heterocycles. The van der Waals surface area contributed by atoms with Crippen molar-refractivity contribution in [1.82, 2.24) is 4.90 Å². The number of carbonyl (C=O) groups is 1. The van der Waals surface area contributed by atoms with E-state index in [1.165, 1.54) is 43.3 Å². The van der Waals surface area contributed by atoms with Crippen molar-refractivity contribution in [2.75, 3.05) is 20.7 Å². The summed E-state index contributed by atoms with van der Waals surface area (Å²) in [5, 5.41) is 9.08. The Morgan fingerprint density at radius 1 is 1.24 bits per heavy atom. The molecule has 0 unspecified atom stereocenters. The Balaban J connectivity index is 0.00000312. The quantitative estimate of drug-likeness (QED) is 0.652. The fraction of sp³-hybridized carbons (Fsp3) is 0.250. The number of hydrogen-bond donors (Lipinski definition) is 1. The normalized spacial score (nSPS) is 10.9. The van der Waals surface area contributed by atoms with Crippen LogP contribution in [0, 0.1) is 0 Å². The van der Waals surface area contributed by atoms with Crippen LogP contribution in [0.5, 0.6) is 5.75 Å². The Morgan fingerprint density at radius 2 is 1.88 bits per heavy atom. The van der Waals surface area contributed by atoms with Gasteiger partial charge in [0.1, 0.15) is 22.8 Å². The maximum absolute atomic E-state index is 13.4. The number of rotatable bonds is 4. The average Bonchev–Trinajstić information content (AvgIpc) is 2.50. The molecule has 0 atom stereocenters. The fourth-order valence-corrected chi connectivity index (χ4v) is 2.71. The summed E-state index contributed by atoms with van der Waals surface area (Å²) in [6.07, 6.45) is -4.60. The Hall–Kier alpha value is -1.35. The fourth-order valence-electron chi connectivity index (χ4n) is 2.47. The van der Waals surface area contributed by atoms with Crippen LogP contribution in [0.3, 0.4) is 0 Å². The zero-order valence-electron chi connectivity index (χ0n) is 12.8. The molecule has 2 aromatic carbocycles. The van der Waals surface area contributed by atoms with Crippen molar-refractivity contribution < 1.29 is 27.8 Å². The van der Waals surface area contributed by atoms with Crippen molar-refractivity contribution in [1.29, 1.82) is 0 Å². The average molecular weight is 381 g/mol. The molecule has 130 valence electrons. The second kappa shape index (κ2) is 8.35. The predicted molar refractivity (Wildman–Crippen MR) is 94.6 cm³/mol. The molecule has 1 N–H and O–H groups in total. The van der Waals surface area contributed by atoms with Gasteiger partial charge in [0.05, 0.1) is 7.11 Å². The van der Waals surface area contributed by atoms with Crippen LogP contribution in [-0.4, -0.2) is 71.2 Å². The predicted octanol–water partition coefficient (Wildman–Crippen LogP) is 2.91. The van der Waals surface area contributed by atoms with E-state index >= 15 is 0 Å². The number of fused-ring (bicyclic) bond motifs is 1. The zero-order chi connectivity index (χ0) is 18.1. The van der Waals surface area contributed by atoms with Crippen molar-refractivity contribution in [2.24, 2.45) is 0 Å². The van der Waals surface area contributed by atoms with E-state index in [1.54, 1.807) is 6.07 Å². The summed E-state index contributed by atoms with van der Waals surface area (Å²) in [6.45, 7) is -0.350. The van der Waals surface area contributed by atoms with E-state index in [0.717, 1.165) is 0 Å². The molecule has 4 nitrogen and oxygen atoms in total. The SMILES string of the molecule is COc1ccc2c(C(=S)N(C)CC(=O)O)cccc2c1C(F)(F)F.[NaH]. The first kappa shape index (κ1) is 21.7. The van der Waals surface area contributed by atoms with Crippen LogP contribution in [0.25, 0.3) is 10.8 Å². The third-order valence-electron chi connectivity index (χ3n) is 3.48. The van der Waals surface area contributed by atoms with Crippen molar-refractivity contribution in [3.8, 4) is 5.75 Å². The number of methoxy groups -OCH3 is 1. The Labute approximate surface area is 169 Å². The number of alkyl halides is 3. The Bertz CT molecular complexity index is 811. The van der Waals surface area contributed by atoms with Crippen molar-refractivity contribution in [3.63, 3.8) is 0 Å². The minimum absolute atomic E-state index is 0. The van der Waals surface area contributed by atoms with Crippen LogP contribution in [-0.2, 0) is 11.0 Å². The molecule has 0 saturated carbocycles. The van der Waals surface area contributed by atoms with Crippen molar-refractivity contribution in [3.05, 3.63) is 41.5 Å². The number of thiocarbonyl (C=S) groups is 1. The summed E-state index contributed by atoms with van der Waals surface area (Å²) < 4.78 is 45.1. The monoisotopic (exact) mass is 381 g/mol. The standard InChI is InChI=1S/C16H14F3NO3S.Na.H/c1-20(8-13(21)22)15(24)11-5-3-4-10-9(11)6-7-12(23-2)14(10)16(17,18)19;;/h3-7H,8H2,1-2H3,(H,21,22);;. The van der Waals surface area contributed by atoms with Gasteiger partial charge in [0.25, 0.3) is 0 Å². The number of aliphatic carboxylic acids is 1. The van der Waals surface area contributed by atoms with Gasteiger partial charge in [-0.1, -0.05) is 30.4 Å². The van der Waals surface area contributed by atoms with E-state index in [2.05, 4.69) is 0 Å². The number of benzene rings is 2. The van der Waals surface area contributed by atoms with Gasteiger partial charge in [0.15, 0.2) is 0 Å². The molecule has 0 aliphatic rings. The first-order valence-electron chi connectivity index (χ1n) is 6.81. The Morgan fingerprint density at radius 3 is 2.40 bits per heavy atom. The molecule has 2 aromatic rings. The van der Waals surface area contributed by atoms with Gasteiger partial charge in [-0.05, 0) is 22.9 Å². The first-order valence-corrected chi connectivity index (χ1v) is 7.21. The summed E-state index contributed by atoms with van der Waals surface area (Å²) >= 11 is 5.24. The topological polar surface area (TPSA) is 49.8 Å². The third-order valence-corrected chi connectivity index (χ3v) is 4.01. The first-order chi connectivity index (χ1) is 11.2. The number of nitrogens with zero attached hydrogens (tertiary/aromatic N) is 1. The molecule has 9 heteroatoms. The molecular weight excluding hydrogens is 366 g/mol. The van der Waals surface area contributed by atoms with Gasteiger partial charge in [-0.25, -0.2) is 0 Å². The van der Waals surface area contributed by atoms with E-state index < -0.39 is 17.7 Å². The van der Waals surface area contributed by atoms with E-state index in [1.807, 2.05) is 0 Å². The molecule has 0 amide bonds. The number of carboxylic acids is 1. The van der Waals surface area contributed by atoms with Gasteiger partial charge in [0.2, 0.25) is 0 Å². The molecule has 0 saturated heterocycles. The molecule has 0 aliphatic carbocycles. The van der Waals surface area contributed by atoms with Crippen molar-refractivity contribution >= 4 is 63.5 Å². The van der Waals surface area contributed by atoms with Gasteiger partial charge in [-0.2, -0.15) is 13.2 Å².